The number of nitrogens with two attached hydrogens (primary N) is 1. The Bertz CT molecular complexity index is 502. The highest BCUT2D eigenvalue weighted by atomic mass is 35.5. The molecule has 1 aromatic rings. The van der Waals surface area contributed by atoms with Crippen molar-refractivity contribution in [3.63, 3.8) is 0 Å². The first-order valence-electron chi connectivity index (χ1n) is 7.95. The molecule has 22 heavy (non-hydrogen) atoms. The predicted octanol–water partition coefficient (Wildman–Crippen LogP) is 3.85. The zero-order valence-electron chi connectivity index (χ0n) is 12.6. The lowest BCUT2D eigenvalue weighted by atomic mass is 9.77. The molecule has 2 fully saturated rings. The van der Waals surface area contributed by atoms with Gasteiger partial charge >= 0.3 is 0 Å². The van der Waals surface area contributed by atoms with E-state index in [9.17, 15) is 4.79 Å². The molecule has 1 aromatic carbocycles. The first kappa shape index (κ1) is 17.6. The van der Waals surface area contributed by atoms with E-state index in [0.717, 1.165) is 24.3 Å². The van der Waals surface area contributed by atoms with Gasteiger partial charge in [-0.05, 0) is 55.7 Å². The number of hydrogen-bond donors (Lipinski definition) is 2. The molecule has 122 valence electrons. The highest BCUT2D eigenvalue weighted by Gasteiger charge is 2.33. The van der Waals surface area contributed by atoms with E-state index in [0.29, 0.717) is 5.92 Å². The molecule has 0 bridgehead atoms. The Kier molecular flexibility index (Phi) is 6.13. The van der Waals surface area contributed by atoms with Crippen molar-refractivity contribution in [1.29, 1.82) is 0 Å². The Morgan fingerprint density at radius 3 is 2.36 bits per heavy atom. The molecule has 0 heterocycles. The fourth-order valence-corrected chi connectivity index (χ4v) is 3.57. The quantitative estimate of drug-likeness (QED) is 0.873. The first-order valence-corrected chi connectivity index (χ1v) is 8.32. The van der Waals surface area contributed by atoms with Crippen molar-refractivity contribution < 1.29 is 4.79 Å². The van der Waals surface area contributed by atoms with E-state index in [-0.39, 0.29) is 36.3 Å². The summed E-state index contributed by atoms with van der Waals surface area (Å²) in [6.07, 6.45) is 6.36. The largest absolute Gasteiger partial charge is 0.349 e. The zero-order valence-corrected chi connectivity index (χ0v) is 14.2. The van der Waals surface area contributed by atoms with Crippen LogP contribution in [0.4, 0.5) is 0 Å². The summed E-state index contributed by atoms with van der Waals surface area (Å²) >= 11 is 5.97. The van der Waals surface area contributed by atoms with Gasteiger partial charge in [-0.1, -0.05) is 30.2 Å². The third-order valence-corrected chi connectivity index (χ3v) is 5.24. The molecule has 3 atom stereocenters. The number of benzene rings is 1. The van der Waals surface area contributed by atoms with Gasteiger partial charge in [0, 0.05) is 17.0 Å². The highest BCUT2D eigenvalue weighted by molar-refractivity contribution is 6.30. The van der Waals surface area contributed by atoms with Gasteiger partial charge < -0.3 is 11.1 Å². The van der Waals surface area contributed by atoms with Crippen molar-refractivity contribution in [2.24, 2.45) is 17.6 Å². The van der Waals surface area contributed by atoms with Crippen LogP contribution in [0.25, 0.3) is 0 Å². The smallest absolute Gasteiger partial charge is 0.223 e. The van der Waals surface area contributed by atoms with Crippen LogP contribution in [0.15, 0.2) is 24.3 Å². The topological polar surface area (TPSA) is 55.1 Å². The van der Waals surface area contributed by atoms with E-state index in [1.54, 1.807) is 0 Å². The van der Waals surface area contributed by atoms with Crippen LogP contribution in [0, 0.1) is 11.8 Å². The van der Waals surface area contributed by atoms with E-state index < -0.39 is 0 Å². The van der Waals surface area contributed by atoms with Crippen LogP contribution >= 0.6 is 24.0 Å². The van der Waals surface area contributed by atoms with Crippen LogP contribution in [0.5, 0.6) is 0 Å². The number of carbonyl (C=O) groups is 1. The van der Waals surface area contributed by atoms with Crippen LogP contribution in [0.2, 0.25) is 5.02 Å². The average Bonchev–Trinajstić information content (AvgIpc) is 2.83. The van der Waals surface area contributed by atoms with Crippen molar-refractivity contribution in [3.8, 4) is 0 Å². The van der Waals surface area contributed by atoms with Crippen molar-refractivity contribution in [3.05, 3.63) is 34.9 Å². The third-order valence-electron chi connectivity index (χ3n) is 4.99. The molecular weight excluding hydrogens is 319 g/mol. The van der Waals surface area contributed by atoms with Gasteiger partial charge in [0.2, 0.25) is 5.91 Å². The summed E-state index contributed by atoms with van der Waals surface area (Å²) in [5.41, 5.74) is 7.09. The predicted molar refractivity (Wildman–Crippen MR) is 92.2 cm³/mol. The molecule has 0 aromatic heterocycles. The summed E-state index contributed by atoms with van der Waals surface area (Å²) in [6, 6.07) is 8.19. The zero-order chi connectivity index (χ0) is 14.8. The van der Waals surface area contributed by atoms with Gasteiger partial charge in [0.1, 0.15) is 0 Å². The Labute approximate surface area is 143 Å². The number of amides is 1. The van der Waals surface area contributed by atoms with Crippen molar-refractivity contribution in [2.45, 2.75) is 50.6 Å². The molecule has 0 spiro atoms. The number of rotatable bonds is 4. The number of halogens is 2. The molecule has 5 heteroatoms. The second-order valence-corrected chi connectivity index (χ2v) is 6.94. The monoisotopic (exact) mass is 342 g/mol. The lowest BCUT2D eigenvalue weighted by Crippen LogP contribution is -2.39. The van der Waals surface area contributed by atoms with Crippen LogP contribution < -0.4 is 11.1 Å². The standard InChI is InChI=1S/C17H23ClN2O.ClH/c18-14-7-4-12(5-8-14)16(11-2-1-3-11)20-17(21)13-6-9-15(19)10-13;/h4-5,7-8,11,13,15-16H,1-3,6,9-10,19H2,(H,20,21);1H. The second-order valence-electron chi connectivity index (χ2n) is 6.50. The van der Waals surface area contributed by atoms with Gasteiger partial charge in [0.15, 0.2) is 0 Å². The first-order chi connectivity index (χ1) is 10.1. The normalized spacial score (nSPS) is 25.9. The van der Waals surface area contributed by atoms with E-state index in [1.807, 2.05) is 24.3 Å². The van der Waals surface area contributed by atoms with Crippen LogP contribution in [0.3, 0.4) is 0 Å². The molecule has 0 aliphatic heterocycles. The Morgan fingerprint density at radius 2 is 1.86 bits per heavy atom. The number of nitrogens with one attached hydrogen (secondary N) is 1. The van der Waals surface area contributed by atoms with Crippen molar-refractivity contribution in [2.75, 3.05) is 0 Å². The molecule has 3 rings (SSSR count). The van der Waals surface area contributed by atoms with E-state index in [2.05, 4.69) is 5.32 Å². The maximum Gasteiger partial charge on any atom is 0.223 e. The van der Waals surface area contributed by atoms with E-state index in [4.69, 9.17) is 17.3 Å². The Balaban J connectivity index is 0.00000176. The van der Waals surface area contributed by atoms with Gasteiger partial charge in [0.25, 0.3) is 0 Å². The van der Waals surface area contributed by atoms with Gasteiger partial charge in [-0.25, -0.2) is 0 Å². The van der Waals surface area contributed by atoms with Crippen LogP contribution in [-0.2, 0) is 4.79 Å². The molecule has 3 N–H and O–H groups in total. The van der Waals surface area contributed by atoms with Gasteiger partial charge in [-0.3, -0.25) is 4.79 Å². The highest BCUT2D eigenvalue weighted by Crippen LogP contribution is 2.38. The van der Waals surface area contributed by atoms with E-state index >= 15 is 0 Å². The molecule has 0 radical (unpaired) electrons. The molecule has 0 saturated heterocycles. The van der Waals surface area contributed by atoms with Gasteiger partial charge in [-0.2, -0.15) is 0 Å². The minimum atomic E-state index is 0. The maximum absolute atomic E-state index is 12.5. The summed E-state index contributed by atoms with van der Waals surface area (Å²) in [5.74, 6) is 0.829. The Hall–Kier alpha value is -0.770. The number of carbonyl (C=O) groups excluding carboxylic acids is 1. The average molecular weight is 343 g/mol. The summed E-state index contributed by atoms with van der Waals surface area (Å²) in [7, 11) is 0. The fraction of sp³-hybridized carbons (Fsp3) is 0.588. The lowest BCUT2D eigenvalue weighted by Gasteiger charge is -2.35. The minimum absolute atomic E-state index is 0. The maximum atomic E-state index is 12.5. The Morgan fingerprint density at radius 1 is 1.18 bits per heavy atom. The molecule has 2 saturated carbocycles. The van der Waals surface area contributed by atoms with Crippen molar-refractivity contribution in [1.82, 2.24) is 5.32 Å². The lowest BCUT2D eigenvalue weighted by molar-refractivity contribution is -0.126. The van der Waals surface area contributed by atoms with Gasteiger partial charge in [-0.15, -0.1) is 12.4 Å². The number of hydrogen-bond acceptors (Lipinski definition) is 2. The molecule has 2 aliphatic carbocycles. The molecular formula is C17H24Cl2N2O. The van der Waals surface area contributed by atoms with Gasteiger partial charge in [0.05, 0.1) is 6.04 Å². The SMILES string of the molecule is Cl.NC1CCC(C(=O)NC(c2ccc(Cl)cc2)C2CCC2)C1. The summed E-state index contributed by atoms with van der Waals surface area (Å²) in [6.45, 7) is 0. The summed E-state index contributed by atoms with van der Waals surface area (Å²) in [4.78, 5) is 12.5. The third kappa shape index (κ3) is 3.95. The summed E-state index contributed by atoms with van der Waals surface area (Å²) < 4.78 is 0. The molecule has 3 nitrogen and oxygen atoms in total. The minimum Gasteiger partial charge on any atom is -0.349 e. The molecule has 2 aliphatic rings. The van der Waals surface area contributed by atoms with Crippen molar-refractivity contribution >= 4 is 29.9 Å². The molecule has 1 amide bonds. The van der Waals surface area contributed by atoms with Crippen LogP contribution in [-0.4, -0.2) is 11.9 Å². The second kappa shape index (κ2) is 7.67. The van der Waals surface area contributed by atoms with Crippen LogP contribution in [0.1, 0.15) is 50.1 Å². The molecule has 3 unspecified atom stereocenters. The van der Waals surface area contributed by atoms with E-state index in [1.165, 1.54) is 24.8 Å². The fourth-order valence-electron chi connectivity index (χ4n) is 3.44. The summed E-state index contributed by atoms with van der Waals surface area (Å²) in [5, 5.41) is 4.01.